The quantitative estimate of drug-likeness (QED) is 0.322. The van der Waals surface area contributed by atoms with E-state index in [1.54, 1.807) is 6.92 Å². The number of nitrogens with one attached hydrogen (secondary N) is 2. The number of piperazine rings is 3. The largest absolute Gasteiger partial charge is 0.463 e. The summed E-state index contributed by atoms with van der Waals surface area (Å²) in [4.78, 5) is 9.65. The van der Waals surface area contributed by atoms with Gasteiger partial charge in [0, 0.05) is 51.9 Å². The van der Waals surface area contributed by atoms with Gasteiger partial charge in [-0.15, -0.1) is 24.0 Å². The maximum Gasteiger partial charge on any atom is 0.191 e. The molecule has 0 saturated carbocycles. The van der Waals surface area contributed by atoms with Crippen molar-refractivity contribution in [2.45, 2.75) is 32.4 Å². The van der Waals surface area contributed by atoms with E-state index in [1.807, 2.05) is 26.0 Å². The van der Waals surface area contributed by atoms with Crippen LogP contribution in [0.2, 0.25) is 0 Å². The van der Waals surface area contributed by atoms with E-state index in [-0.39, 0.29) is 30.5 Å². The van der Waals surface area contributed by atoms with E-state index in [9.17, 15) is 5.11 Å². The maximum atomic E-state index is 10.6. The van der Waals surface area contributed by atoms with Gasteiger partial charge in [0.1, 0.15) is 17.1 Å². The molecule has 8 heteroatoms. The number of rotatable bonds is 6. The lowest BCUT2D eigenvalue weighted by Crippen LogP contribution is -2.63. The Bertz CT molecular complexity index is 596. The highest BCUT2D eigenvalue weighted by Crippen LogP contribution is 2.23. The van der Waals surface area contributed by atoms with Crippen molar-refractivity contribution in [3.63, 3.8) is 0 Å². The van der Waals surface area contributed by atoms with Crippen LogP contribution in [0.3, 0.4) is 0 Å². The second kappa shape index (κ2) is 9.38. The molecular formula is C18H32IN5O2. The number of nitrogens with zero attached hydrogens (tertiary/aromatic N) is 3. The molecule has 0 aliphatic carbocycles. The van der Waals surface area contributed by atoms with Gasteiger partial charge in [0.25, 0.3) is 0 Å². The summed E-state index contributed by atoms with van der Waals surface area (Å²) in [5.41, 5.74) is -1.12. The molecule has 148 valence electrons. The zero-order valence-electron chi connectivity index (χ0n) is 16.0. The molecule has 2 unspecified atom stereocenters. The van der Waals surface area contributed by atoms with Crippen molar-refractivity contribution in [1.29, 1.82) is 0 Å². The minimum atomic E-state index is -1.12. The number of aryl methyl sites for hydroxylation is 1. The summed E-state index contributed by atoms with van der Waals surface area (Å²) in [5, 5.41) is 17.3. The van der Waals surface area contributed by atoms with Gasteiger partial charge in [-0.2, -0.15) is 0 Å². The summed E-state index contributed by atoms with van der Waals surface area (Å²) in [6.07, 6.45) is 0. The van der Waals surface area contributed by atoms with Gasteiger partial charge >= 0.3 is 0 Å². The van der Waals surface area contributed by atoms with Gasteiger partial charge in [-0.3, -0.25) is 9.80 Å². The van der Waals surface area contributed by atoms with Crippen LogP contribution in [0.4, 0.5) is 0 Å². The Kier molecular flexibility index (Phi) is 7.75. The molecule has 0 radical (unpaired) electrons. The van der Waals surface area contributed by atoms with Gasteiger partial charge in [-0.25, -0.2) is 4.99 Å². The summed E-state index contributed by atoms with van der Waals surface area (Å²) in [6.45, 7) is 13.4. The van der Waals surface area contributed by atoms with Crippen LogP contribution in [0.25, 0.3) is 0 Å². The van der Waals surface area contributed by atoms with Crippen LogP contribution in [0.15, 0.2) is 21.5 Å². The maximum absolute atomic E-state index is 10.6. The number of hydrogen-bond acceptors (Lipinski definition) is 5. The Morgan fingerprint density at radius 3 is 2.58 bits per heavy atom. The molecule has 3 aliphatic rings. The first-order valence-corrected chi connectivity index (χ1v) is 9.26. The average molecular weight is 477 g/mol. The average Bonchev–Trinajstić information content (AvgIpc) is 3.06. The predicted octanol–water partition coefficient (Wildman–Crippen LogP) is 0.968. The SMILES string of the molecule is CCNC(=NCC(C)(O)c1ccc(C)o1)NCC1CN2CCN1CC2.I. The zero-order valence-corrected chi connectivity index (χ0v) is 18.3. The van der Waals surface area contributed by atoms with Gasteiger partial charge in [0.15, 0.2) is 5.96 Å². The van der Waals surface area contributed by atoms with Crippen LogP contribution < -0.4 is 10.6 Å². The molecule has 0 spiro atoms. The van der Waals surface area contributed by atoms with Crippen molar-refractivity contribution >= 4 is 29.9 Å². The minimum Gasteiger partial charge on any atom is -0.463 e. The summed E-state index contributed by atoms with van der Waals surface area (Å²) in [5.74, 6) is 2.08. The third kappa shape index (κ3) is 5.34. The topological polar surface area (TPSA) is 76.3 Å². The summed E-state index contributed by atoms with van der Waals surface area (Å²) in [7, 11) is 0. The van der Waals surface area contributed by atoms with Gasteiger partial charge in [0.2, 0.25) is 0 Å². The van der Waals surface area contributed by atoms with Crippen LogP contribution >= 0.6 is 24.0 Å². The van der Waals surface area contributed by atoms with E-state index >= 15 is 0 Å². The van der Waals surface area contributed by atoms with Gasteiger partial charge in [-0.1, -0.05) is 0 Å². The molecule has 4 heterocycles. The lowest BCUT2D eigenvalue weighted by atomic mass is 10.0. The minimum absolute atomic E-state index is 0. The van der Waals surface area contributed by atoms with Crippen molar-refractivity contribution < 1.29 is 9.52 Å². The van der Waals surface area contributed by atoms with Crippen molar-refractivity contribution in [1.82, 2.24) is 20.4 Å². The molecule has 1 aromatic rings. The van der Waals surface area contributed by atoms with E-state index in [1.165, 1.54) is 13.1 Å². The molecule has 2 atom stereocenters. The fourth-order valence-electron chi connectivity index (χ4n) is 3.51. The first kappa shape index (κ1) is 21.5. The molecular weight excluding hydrogens is 445 g/mol. The molecule has 0 aromatic carbocycles. The fourth-order valence-corrected chi connectivity index (χ4v) is 3.51. The van der Waals surface area contributed by atoms with Crippen molar-refractivity contribution in [3.8, 4) is 0 Å². The second-order valence-corrected chi connectivity index (χ2v) is 7.25. The normalized spacial score (nSPS) is 27.5. The fraction of sp³-hybridized carbons (Fsp3) is 0.722. The number of hydrogen-bond donors (Lipinski definition) is 3. The Morgan fingerprint density at radius 1 is 1.31 bits per heavy atom. The molecule has 3 fully saturated rings. The lowest BCUT2D eigenvalue weighted by Gasteiger charge is -2.47. The molecule has 26 heavy (non-hydrogen) atoms. The first-order valence-electron chi connectivity index (χ1n) is 9.26. The van der Waals surface area contributed by atoms with Crippen molar-refractivity contribution in [2.75, 3.05) is 52.4 Å². The van der Waals surface area contributed by atoms with Crippen LogP contribution in [-0.2, 0) is 5.60 Å². The van der Waals surface area contributed by atoms with Crippen molar-refractivity contribution in [3.05, 3.63) is 23.7 Å². The first-order chi connectivity index (χ1) is 12.0. The molecule has 3 N–H and O–H groups in total. The Morgan fingerprint density at radius 2 is 2.04 bits per heavy atom. The number of fused-ring (bicyclic) bond motifs is 3. The van der Waals surface area contributed by atoms with Gasteiger partial charge in [-0.05, 0) is 32.9 Å². The summed E-state index contributed by atoms with van der Waals surface area (Å²) in [6, 6.07) is 4.20. The highest BCUT2D eigenvalue weighted by atomic mass is 127. The highest BCUT2D eigenvalue weighted by molar-refractivity contribution is 14.0. The number of furan rings is 1. The Hall–Kier alpha value is -0.840. The third-order valence-corrected chi connectivity index (χ3v) is 5.06. The van der Waals surface area contributed by atoms with Crippen LogP contribution in [0.1, 0.15) is 25.4 Å². The number of halogens is 1. The van der Waals surface area contributed by atoms with Crippen LogP contribution in [0, 0.1) is 6.92 Å². The van der Waals surface area contributed by atoms with Crippen LogP contribution in [0.5, 0.6) is 0 Å². The highest BCUT2D eigenvalue weighted by Gasteiger charge is 2.32. The third-order valence-electron chi connectivity index (χ3n) is 5.06. The Labute approximate surface area is 173 Å². The molecule has 7 nitrogen and oxygen atoms in total. The number of aliphatic hydroxyl groups is 1. The smallest absolute Gasteiger partial charge is 0.191 e. The number of guanidine groups is 1. The second-order valence-electron chi connectivity index (χ2n) is 7.25. The summed E-state index contributed by atoms with van der Waals surface area (Å²) < 4.78 is 5.56. The van der Waals surface area contributed by atoms with Crippen molar-refractivity contribution in [2.24, 2.45) is 4.99 Å². The van der Waals surface area contributed by atoms with E-state index in [0.29, 0.717) is 11.8 Å². The standard InChI is InChI=1S/C18H31N5O2.HI/c1-4-19-17(20-11-15-12-22-7-9-23(15)10-8-22)21-13-18(3,24)16-6-5-14(2)25-16;/h5-6,15,24H,4,7-13H2,1-3H3,(H2,19,20,21);1H. The van der Waals surface area contributed by atoms with E-state index in [0.717, 1.165) is 44.4 Å². The predicted molar refractivity (Wildman–Crippen MR) is 114 cm³/mol. The molecule has 0 amide bonds. The van der Waals surface area contributed by atoms with Crippen LogP contribution in [-0.4, -0.2) is 79.3 Å². The van der Waals surface area contributed by atoms with E-state index in [4.69, 9.17) is 4.42 Å². The molecule has 3 aliphatic heterocycles. The number of aliphatic imine (C=N–C) groups is 1. The Balaban J connectivity index is 0.00000243. The zero-order chi connectivity index (χ0) is 17.9. The lowest BCUT2D eigenvalue weighted by molar-refractivity contribution is 0.0153. The van der Waals surface area contributed by atoms with E-state index in [2.05, 4.69) is 25.4 Å². The van der Waals surface area contributed by atoms with Gasteiger partial charge < -0.3 is 20.2 Å². The molecule has 2 bridgehead atoms. The monoisotopic (exact) mass is 477 g/mol. The van der Waals surface area contributed by atoms with Gasteiger partial charge in [0.05, 0.1) is 6.54 Å². The molecule has 1 aromatic heterocycles. The molecule has 4 rings (SSSR count). The van der Waals surface area contributed by atoms with E-state index < -0.39 is 5.60 Å². The summed E-state index contributed by atoms with van der Waals surface area (Å²) >= 11 is 0. The molecule has 3 saturated heterocycles.